The number of hydrogen-bond acceptors (Lipinski definition) is 3. The molecule has 1 N–H and O–H groups in total. The third-order valence-electron chi connectivity index (χ3n) is 5.36. The Balaban J connectivity index is 1.27. The second-order valence-electron chi connectivity index (χ2n) is 7.42. The molecule has 1 fully saturated rings. The van der Waals surface area contributed by atoms with Gasteiger partial charge in [-0.2, -0.15) is 13.2 Å². The van der Waals surface area contributed by atoms with E-state index in [1.807, 2.05) is 0 Å². The highest BCUT2D eigenvalue weighted by molar-refractivity contribution is 5.84. The second kappa shape index (κ2) is 8.28. The van der Waals surface area contributed by atoms with Gasteiger partial charge in [-0.25, -0.2) is 8.78 Å². The Bertz CT molecular complexity index is 1050. The number of halogens is 5. The fourth-order valence-corrected chi connectivity index (χ4v) is 3.59. The highest BCUT2D eigenvalue weighted by Gasteiger charge is 2.34. The summed E-state index contributed by atoms with van der Waals surface area (Å²) >= 11 is 0. The van der Waals surface area contributed by atoms with Gasteiger partial charge in [-0.3, -0.25) is 4.98 Å². The highest BCUT2D eigenvalue weighted by Crippen LogP contribution is 2.32. The quantitative estimate of drug-likeness (QED) is 0.543. The number of nitrogens with one attached hydrogen (secondary N) is 1. The number of nitrogens with zero attached hydrogens (tertiary/aromatic N) is 1. The van der Waals surface area contributed by atoms with Gasteiger partial charge < -0.3 is 10.1 Å². The van der Waals surface area contributed by atoms with Crippen molar-refractivity contribution in [3.63, 3.8) is 0 Å². The number of alkyl halides is 3. The van der Waals surface area contributed by atoms with Gasteiger partial charge in [0, 0.05) is 35.9 Å². The van der Waals surface area contributed by atoms with Crippen LogP contribution in [0.1, 0.15) is 29.5 Å². The van der Waals surface area contributed by atoms with Crippen LogP contribution in [0.4, 0.5) is 22.0 Å². The summed E-state index contributed by atoms with van der Waals surface area (Å²) in [6.07, 6.45) is -0.0859. The molecule has 158 valence electrons. The van der Waals surface area contributed by atoms with Crippen LogP contribution in [-0.4, -0.2) is 17.1 Å². The third kappa shape index (κ3) is 4.44. The van der Waals surface area contributed by atoms with E-state index < -0.39 is 17.6 Å². The Labute approximate surface area is 169 Å². The molecular weight excluding hydrogens is 403 g/mol. The van der Waals surface area contributed by atoms with Gasteiger partial charge in [-0.1, -0.05) is 6.07 Å². The number of rotatable bonds is 6. The first kappa shape index (κ1) is 20.7. The van der Waals surface area contributed by atoms with Gasteiger partial charge in [0.1, 0.15) is 11.6 Å². The summed E-state index contributed by atoms with van der Waals surface area (Å²) in [5.74, 6) is -1.58. The predicted molar refractivity (Wildman–Crippen MR) is 102 cm³/mol. The Morgan fingerprint density at radius 1 is 1.03 bits per heavy atom. The number of aromatic nitrogens is 1. The molecule has 1 aliphatic carbocycles. The maximum Gasteiger partial charge on any atom is 0.419 e. The zero-order valence-electron chi connectivity index (χ0n) is 15.8. The summed E-state index contributed by atoms with van der Waals surface area (Å²) in [5, 5.41) is 4.99. The van der Waals surface area contributed by atoms with Gasteiger partial charge >= 0.3 is 6.18 Å². The van der Waals surface area contributed by atoms with Crippen molar-refractivity contribution in [1.29, 1.82) is 0 Å². The first-order valence-electron chi connectivity index (χ1n) is 9.53. The van der Waals surface area contributed by atoms with Crippen molar-refractivity contribution >= 4 is 10.8 Å². The molecule has 0 bridgehead atoms. The van der Waals surface area contributed by atoms with Gasteiger partial charge in [0.05, 0.1) is 18.3 Å². The molecule has 0 atom stereocenters. The van der Waals surface area contributed by atoms with Gasteiger partial charge in [0.25, 0.3) is 0 Å². The Morgan fingerprint density at radius 3 is 2.57 bits per heavy atom. The van der Waals surface area contributed by atoms with E-state index in [9.17, 15) is 22.0 Å². The minimum Gasteiger partial charge on any atom is -0.373 e. The molecule has 0 amide bonds. The molecule has 3 aromatic rings. The summed E-state index contributed by atoms with van der Waals surface area (Å²) < 4.78 is 71.3. The van der Waals surface area contributed by atoms with Crippen molar-refractivity contribution in [2.24, 2.45) is 0 Å². The summed E-state index contributed by atoms with van der Waals surface area (Å²) in [6, 6.07) is 7.86. The van der Waals surface area contributed by atoms with E-state index in [1.54, 1.807) is 24.5 Å². The van der Waals surface area contributed by atoms with E-state index in [1.165, 1.54) is 12.1 Å². The first-order valence-corrected chi connectivity index (χ1v) is 9.53. The summed E-state index contributed by atoms with van der Waals surface area (Å²) in [5.41, 5.74) is -0.349. The second-order valence-corrected chi connectivity index (χ2v) is 7.42. The average molecular weight is 422 g/mol. The zero-order valence-corrected chi connectivity index (χ0v) is 15.8. The molecule has 4 rings (SSSR count). The van der Waals surface area contributed by atoms with Gasteiger partial charge in [0.2, 0.25) is 0 Å². The molecule has 0 saturated heterocycles. The first-order chi connectivity index (χ1) is 14.3. The number of pyridine rings is 1. The number of hydrogen-bond donors (Lipinski definition) is 1. The lowest BCUT2D eigenvalue weighted by Crippen LogP contribution is -2.45. The molecule has 2 aromatic carbocycles. The normalized spacial score (nSPS) is 19.1. The van der Waals surface area contributed by atoms with Crippen molar-refractivity contribution in [2.75, 3.05) is 0 Å². The highest BCUT2D eigenvalue weighted by atomic mass is 19.4. The van der Waals surface area contributed by atoms with Crippen LogP contribution in [-0.2, 0) is 24.1 Å². The molecule has 0 aliphatic heterocycles. The standard InChI is InChI=1S/C22H19F5N2O/c23-20-4-2-14-10-28-6-5-17(14)18(20)11-29-15-8-16(9-15)30-12-13-1-3-19(21(24)7-13)22(25,26)27/h1-7,10,15-16,29H,8-9,11-12H2/t15-,16-. The summed E-state index contributed by atoms with van der Waals surface area (Å²) in [4.78, 5) is 4.05. The average Bonchev–Trinajstić information content (AvgIpc) is 2.66. The minimum absolute atomic E-state index is 0.0391. The zero-order chi connectivity index (χ0) is 21.3. The monoisotopic (exact) mass is 422 g/mol. The minimum atomic E-state index is -4.71. The Kier molecular flexibility index (Phi) is 5.71. The van der Waals surface area contributed by atoms with Crippen molar-refractivity contribution < 1.29 is 26.7 Å². The van der Waals surface area contributed by atoms with Crippen LogP contribution in [0.2, 0.25) is 0 Å². The summed E-state index contributed by atoms with van der Waals surface area (Å²) in [7, 11) is 0. The van der Waals surface area contributed by atoms with Crippen LogP contribution >= 0.6 is 0 Å². The molecule has 0 unspecified atom stereocenters. The van der Waals surface area contributed by atoms with Gasteiger partial charge in [0.15, 0.2) is 0 Å². The van der Waals surface area contributed by atoms with E-state index in [2.05, 4.69) is 10.3 Å². The molecule has 8 heteroatoms. The van der Waals surface area contributed by atoms with Crippen LogP contribution in [0.15, 0.2) is 48.8 Å². The predicted octanol–water partition coefficient (Wildman–Crippen LogP) is 5.37. The SMILES string of the molecule is Fc1cc(CO[C@H]2C[C@H](NCc3c(F)ccc4cnccc34)C2)ccc1C(F)(F)F. The summed E-state index contributed by atoms with van der Waals surface area (Å²) in [6.45, 7) is 0.409. The van der Waals surface area contributed by atoms with Gasteiger partial charge in [-0.15, -0.1) is 0 Å². The molecule has 0 radical (unpaired) electrons. The van der Waals surface area contributed by atoms with Crippen LogP contribution in [0.25, 0.3) is 10.8 Å². The van der Waals surface area contributed by atoms with E-state index in [4.69, 9.17) is 4.74 Å². The molecule has 1 heterocycles. The Morgan fingerprint density at radius 2 is 1.83 bits per heavy atom. The maximum atomic E-state index is 14.2. The molecule has 0 spiro atoms. The maximum absolute atomic E-state index is 14.2. The van der Waals surface area contributed by atoms with Crippen LogP contribution < -0.4 is 5.32 Å². The molecule has 30 heavy (non-hydrogen) atoms. The largest absolute Gasteiger partial charge is 0.419 e. The third-order valence-corrected chi connectivity index (χ3v) is 5.36. The topological polar surface area (TPSA) is 34.1 Å². The van der Waals surface area contributed by atoms with Crippen molar-refractivity contribution in [2.45, 2.75) is 44.3 Å². The lowest BCUT2D eigenvalue weighted by atomic mass is 9.89. The van der Waals surface area contributed by atoms with Crippen LogP contribution in [0, 0.1) is 11.6 Å². The Hall–Kier alpha value is -2.58. The van der Waals surface area contributed by atoms with E-state index in [-0.39, 0.29) is 24.6 Å². The van der Waals surface area contributed by atoms with E-state index in [0.29, 0.717) is 30.5 Å². The molecular formula is C22H19F5N2O. The number of ether oxygens (including phenoxy) is 1. The van der Waals surface area contributed by atoms with E-state index in [0.717, 1.165) is 22.9 Å². The van der Waals surface area contributed by atoms with Gasteiger partial charge in [-0.05, 0) is 54.1 Å². The fraction of sp³-hybridized carbons (Fsp3) is 0.318. The van der Waals surface area contributed by atoms with Crippen molar-refractivity contribution in [3.8, 4) is 0 Å². The van der Waals surface area contributed by atoms with E-state index >= 15 is 0 Å². The molecule has 1 saturated carbocycles. The molecule has 1 aliphatic rings. The number of benzene rings is 2. The van der Waals surface area contributed by atoms with Crippen LogP contribution in [0.5, 0.6) is 0 Å². The molecule has 3 nitrogen and oxygen atoms in total. The smallest absolute Gasteiger partial charge is 0.373 e. The van der Waals surface area contributed by atoms with Crippen LogP contribution in [0.3, 0.4) is 0 Å². The molecule has 1 aromatic heterocycles. The van der Waals surface area contributed by atoms with Crippen molar-refractivity contribution in [1.82, 2.24) is 10.3 Å². The number of fused-ring (bicyclic) bond motifs is 1. The lowest BCUT2D eigenvalue weighted by Gasteiger charge is -2.36. The lowest BCUT2D eigenvalue weighted by molar-refractivity contribution is -0.140. The fourth-order valence-electron chi connectivity index (χ4n) is 3.59. The van der Waals surface area contributed by atoms with Crippen molar-refractivity contribution in [3.05, 3.63) is 77.1 Å².